The van der Waals surface area contributed by atoms with E-state index in [1.807, 2.05) is 12.1 Å². The lowest BCUT2D eigenvalue weighted by Gasteiger charge is -2.05. The third-order valence-electron chi connectivity index (χ3n) is 3.37. The Bertz CT molecular complexity index is 915. The van der Waals surface area contributed by atoms with Gasteiger partial charge in [0.15, 0.2) is 11.0 Å². The second-order valence-corrected chi connectivity index (χ2v) is 6.13. The highest BCUT2D eigenvalue weighted by Gasteiger charge is 2.11. The van der Waals surface area contributed by atoms with Gasteiger partial charge >= 0.3 is 0 Å². The summed E-state index contributed by atoms with van der Waals surface area (Å²) in [6.45, 7) is 0. The number of hydrogen-bond donors (Lipinski definition) is 2. The highest BCUT2D eigenvalue weighted by atomic mass is 32.2. The third-order valence-corrected chi connectivity index (χ3v) is 4.24. The number of carbonyl (C=O) groups excluding carboxylic acids is 1. The Hall–Kier alpha value is -2.94. The molecule has 2 aromatic carbocycles. The number of aromatic nitrogens is 3. The molecule has 0 aliphatic carbocycles. The van der Waals surface area contributed by atoms with Crippen LogP contribution in [0.5, 0.6) is 5.75 Å². The van der Waals surface area contributed by atoms with Crippen molar-refractivity contribution in [2.24, 2.45) is 0 Å². The molecule has 0 saturated carbocycles. The standard InChI is InChI=1S/C17H14F2N4O2S/c1-25-12-5-2-10(3-6-12)16-21-17(23-22-16)26-9-15(24)20-14-7-4-11(18)8-13(14)19/h2-8H,9H2,1H3,(H,20,24)(H,21,22,23). The maximum absolute atomic E-state index is 13.5. The van der Waals surface area contributed by atoms with E-state index >= 15 is 0 Å². The van der Waals surface area contributed by atoms with E-state index in [1.54, 1.807) is 19.2 Å². The van der Waals surface area contributed by atoms with Gasteiger partial charge in [-0.1, -0.05) is 11.8 Å². The number of aromatic amines is 1. The summed E-state index contributed by atoms with van der Waals surface area (Å²) in [6.07, 6.45) is 0. The number of carbonyl (C=O) groups is 1. The lowest BCUT2D eigenvalue weighted by molar-refractivity contribution is -0.113. The van der Waals surface area contributed by atoms with Crippen molar-refractivity contribution in [3.63, 3.8) is 0 Å². The van der Waals surface area contributed by atoms with Crippen LogP contribution in [0.15, 0.2) is 47.6 Å². The van der Waals surface area contributed by atoms with Gasteiger partial charge in [0.05, 0.1) is 18.6 Å². The van der Waals surface area contributed by atoms with Crippen molar-refractivity contribution in [2.45, 2.75) is 5.16 Å². The first-order valence-corrected chi connectivity index (χ1v) is 8.48. The molecule has 1 heterocycles. The molecule has 0 aliphatic rings. The fraction of sp³-hybridized carbons (Fsp3) is 0.118. The molecular weight excluding hydrogens is 362 g/mol. The minimum Gasteiger partial charge on any atom is -0.497 e. The number of benzene rings is 2. The monoisotopic (exact) mass is 376 g/mol. The molecule has 0 aliphatic heterocycles. The van der Waals surface area contributed by atoms with Gasteiger partial charge in [-0.15, -0.1) is 10.2 Å². The van der Waals surface area contributed by atoms with Crippen molar-refractivity contribution in [3.8, 4) is 17.1 Å². The zero-order valence-electron chi connectivity index (χ0n) is 13.6. The molecule has 9 heteroatoms. The number of nitrogens with zero attached hydrogens (tertiary/aromatic N) is 2. The number of amides is 1. The number of nitrogens with one attached hydrogen (secondary N) is 2. The van der Waals surface area contributed by atoms with Crippen LogP contribution in [0.1, 0.15) is 0 Å². The molecule has 0 saturated heterocycles. The number of methoxy groups -OCH3 is 1. The van der Waals surface area contributed by atoms with Gasteiger partial charge in [0.25, 0.3) is 0 Å². The van der Waals surface area contributed by atoms with Gasteiger partial charge in [-0.05, 0) is 36.4 Å². The van der Waals surface area contributed by atoms with Gasteiger partial charge in [-0.2, -0.15) is 0 Å². The maximum atomic E-state index is 13.5. The number of ether oxygens (including phenoxy) is 1. The van der Waals surface area contributed by atoms with Crippen LogP contribution in [-0.2, 0) is 4.79 Å². The Morgan fingerprint density at radius 3 is 2.65 bits per heavy atom. The molecule has 6 nitrogen and oxygen atoms in total. The fourth-order valence-corrected chi connectivity index (χ4v) is 2.71. The van der Waals surface area contributed by atoms with E-state index in [1.165, 1.54) is 6.07 Å². The Morgan fingerprint density at radius 2 is 1.96 bits per heavy atom. The molecule has 1 amide bonds. The molecule has 1 aromatic heterocycles. The van der Waals surface area contributed by atoms with Gasteiger partial charge in [0.2, 0.25) is 5.91 Å². The number of thioether (sulfide) groups is 1. The molecule has 0 radical (unpaired) electrons. The van der Waals surface area contributed by atoms with Crippen LogP contribution in [0, 0.1) is 11.6 Å². The second-order valence-electron chi connectivity index (χ2n) is 5.17. The minimum absolute atomic E-state index is 0.00589. The Morgan fingerprint density at radius 1 is 1.19 bits per heavy atom. The van der Waals surface area contributed by atoms with Gasteiger partial charge in [0.1, 0.15) is 17.4 Å². The highest BCUT2D eigenvalue weighted by Crippen LogP contribution is 2.22. The van der Waals surface area contributed by atoms with E-state index in [9.17, 15) is 13.6 Å². The maximum Gasteiger partial charge on any atom is 0.234 e. The summed E-state index contributed by atoms with van der Waals surface area (Å²) in [4.78, 5) is 14.9. The molecule has 0 spiro atoms. The normalized spacial score (nSPS) is 10.6. The van der Waals surface area contributed by atoms with E-state index in [-0.39, 0.29) is 11.4 Å². The fourth-order valence-electron chi connectivity index (χ4n) is 2.10. The molecular formula is C17H14F2N4O2S. The van der Waals surface area contributed by atoms with Crippen molar-refractivity contribution in [3.05, 3.63) is 54.1 Å². The first-order chi connectivity index (χ1) is 12.5. The molecule has 0 atom stereocenters. The van der Waals surface area contributed by atoms with E-state index in [4.69, 9.17) is 4.74 Å². The third kappa shape index (κ3) is 4.37. The Kier molecular flexibility index (Phi) is 5.47. The van der Waals surface area contributed by atoms with Crippen LogP contribution in [0.2, 0.25) is 0 Å². The molecule has 0 fully saturated rings. The van der Waals surface area contributed by atoms with Gasteiger partial charge < -0.3 is 15.0 Å². The Balaban J connectivity index is 1.58. The molecule has 134 valence electrons. The summed E-state index contributed by atoms with van der Waals surface area (Å²) >= 11 is 1.12. The second kappa shape index (κ2) is 7.96. The van der Waals surface area contributed by atoms with Crippen molar-refractivity contribution in [1.82, 2.24) is 15.2 Å². The average Bonchev–Trinajstić information content (AvgIpc) is 3.11. The topological polar surface area (TPSA) is 79.9 Å². The molecule has 3 aromatic rings. The van der Waals surface area contributed by atoms with E-state index in [0.29, 0.717) is 17.0 Å². The number of H-pyrrole nitrogens is 1. The number of rotatable bonds is 6. The lowest BCUT2D eigenvalue weighted by atomic mass is 10.2. The Labute approximate surface area is 152 Å². The average molecular weight is 376 g/mol. The largest absolute Gasteiger partial charge is 0.497 e. The summed E-state index contributed by atoms with van der Waals surface area (Å²) in [5, 5.41) is 10.8. The van der Waals surface area contributed by atoms with Crippen LogP contribution < -0.4 is 10.1 Å². The van der Waals surface area contributed by atoms with Crippen molar-refractivity contribution >= 4 is 23.4 Å². The number of anilines is 1. The van der Waals surface area contributed by atoms with E-state index in [2.05, 4.69) is 20.5 Å². The quantitative estimate of drug-likeness (QED) is 0.644. The van der Waals surface area contributed by atoms with E-state index < -0.39 is 17.5 Å². The van der Waals surface area contributed by atoms with Gasteiger partial charge in [0, 0.05) is 11.6 Å². The smallest absolute Gasteiger partial charge is 0.234 e. The zero-order valence-corrected chi connectivity index (χ0v) is 14.4. The first kappa shape index (κ1) is 17.9. The number of hydrogen-bond acceptors (Lipinski definition) is 5. The van der Waals surface area contributed by atoms with Crippen LogP contribution in [0.25, 0.3) is 11.4 Å². The first-order valence-electron chi connectivity index (χ1n) is 7.50. The molecule has 0 unspecified atom stereocenters. The SMILES string of the molecule is COc1ccc(-c2nnc(SCC(=O)Nc3ccc(F)cc3F)[nH]2)cc1. The summed E-state index contributed by atoms with van der Waals surface area (Å²) in [5.41, 5.74) is 0.747. The van der Waals surface area contributed by atoms with E-state index in [0.717, 1.165) is 29.1 Å². The van der Waals surface area contributed by atoms with Crippen molar-refractivity contribution < 1.29 is 18.3 Å². The van der Waals surface area contributed by atoms with Crippen LogP contribution in [0.3, 0.4) is 0 Å². The summed E-state index contributed by atoms with van der Waals surface area (Å²) in [5.74, 6) is -0.698. The molecule has 2 N–H and O–H groups in total. The summed E-state index contributed by atoms with van der Waals surface area (Å²) < 4.78 is 31.5. The van der Waals surface area contributed by atoms with Crippen LogP contribution in [-0.4, -0.2) is 34.0 Å². The van der Waals surface area contributed by atoms with Crippen molar-refractivity contribution in [1.29, 1.82) is 0 Å². The molecule has 3 rings (SSSR count). The minimum atomic E-state index is -0.829. The number of halogens is 2. The van der Waals surface area contributed by atoms with Crippen molar-refractivity contribution in [2.75, 3.05) is 18.2 Å². The van der Waals surface area contributed by atoms with Gasteiger partial charge in [-0.25, -0.2) is 8.78 Å². The zero-order chi connectivity index (χ0) is 18.5. The predicted molar refractivity (Wildman–Crippen MR) is 94.1 cm³/mol. The summed E-state index contributed by atoms with van der Waals surface area (Å²) in [6, 6.07) is 10.2. The predicted octanol–water partition coefficient (Wildman–Crippen LogP) is 3.49. The highest BCUT2D eigenvalue weighted by molar-refractivity contribution is 7.99. The lowest BCUT2D eigenvalue weighted by Crippen LogP contribution is -2.15. The van der Waals surface area contributed by atoms with Gasteiger partial charge in [-0.3, -0.25) is 4.79 Å². The van der Waals surface area contributed by atoms with Crippen LogP contribution >= 0.6 is 11.8 Å². The summed E-state index contributed by atoms with van der Waals surface area (Å²) in [7, 11) is 1.58. The molecule has 26 heavy (non-hydrogen) atoms. The molecule has 0 bridgehead atoms. The van der Waals surface area contributed by atoms with Crippen LogP contribution in [0.4, 0.5) is 14.5 Å².